The topological polar surface area (TPSA) is 75.0 Å². The lowest BCUT2D eigenvalue weighted by Crippen LogP contribution is -2.26. The largest absolute Gasteiger partial charge is 0.549 e. The minimum atomic E-state index is -1.20. The van der Waals surface area contributed by atoms with E-state index in [1.807, 2.05) is 0 Å². The molecule has 0 amide bonds. The third kappa shape index (κ3) is 3.15. The third-order valence-corrected chi connectivity index (χ3v) is 6.71. The number of aryl methyl sites for hydroxylation is 2. The minimum Gasteiger partial charge on any atom is -0.549 e. The molecule has 0 bridgehead atoms. The molecule has 2 aromatic heterocycles. The average molecular weight is 406 g/mol. The summed E-state index contributed by atoms with van der Waals surface area (Å²) in [6.45, 7) is 0. The number of halogens is 1. The van der Waals surface area contributed by atoms with Crippen LogP contribution >= 0.6 is 34.7 Å². The second kappa shape index (κ2) is 7.06. The fourth-order valence-electron chi connectivity index (χ4n) is 3.22. The molecule has 0 fully saturated rings. The lowest BCUT2D eigenvalue weighted by atomic mass is 9.97. The van der Waals surface area contributed by atoms with Crippen LogP contribution in [0, 0.1) is 0 Å². The van der Waals surface area contributed by atoms with Gasteiger partial charge in [0.1, 0.15) is 4.83 Å². The summed E-state index contributed by atoms with van der Waals surface area (Å²) in [6, 6.07) is 6.87. The Morgan fingerprint density at radius 3 is 2.73 bits per heavy atom. The van der Waals surface area contributed by atoms with E-state index in [9.17, 15) is 14.7 Å². The number of fused-ring (bicyclic) bond motifs is 3. The highest BCUT2D eigenvalue weighted by molar-refractivity contribution is 7.99. The summed E-state index contributed by atoms with van der Waals surface area (Å²) in [6.07, 6.45) is 4.05. The Kier molecular flexibility index (Phi) is 4.77. The number of nitrogens with zero attached hydrogens (tertiary/aromatic N) is 2. The molecule has 3 aromatic rings. The van der Waals surface area contributed by atoms with Crippen LogP contribution < -0.4 is 10.7 Å². The van der Waals surface area contributed by atoms with Crippen molar-refractivity contribution >= 4 is 50.9 Å². The van der Waals surface area contributed by atoms with Crippen molar-refractivity contribution in [2.75, 3.05) is 5.75 Å². The van der Waals surface area contributed by atoms with Gasteiger partial charge in [0.2, 0.25) is 0 Å². The Hall–Kier alpha value is -1.83. The first kappa shape index (κ1) is 17.6. The molecule has 4 rings (SSSR count). The summed E-state index contributed by atoms with van der Waals surface area (Å²) in [5, 5.41) is 12.5. The van der Waals surface area contributed by atoms with Crippen LogP contribution in [0.4, 0.5) is 0 Å². The lowest BCUT2D eigenvalue weighted by Gasteiger charge is -2.14. The Morgan fingerprint density at radius 1 is 1.27 bits per heavy atom. The van der Waals surface area contributed by atoms with Crippen molar-refractivity contribution in [3.8, 4) is 5.69 Å². The first-order chi connectivity index (χ1) is 12.5. The normalized spacial score (nSPS) is 13.7. The van der Waals surface area contributed by atoms with Crippen LogP contribution in [0.25, 0.3) is 15.9 Å². The molecule has 2 heterocycles. The van der Waals surface area contributed by atoms with Crippen molar-refractivity contribution in [1.82, 2.24) is 9.55 Å². The highest BCUT2D eigenvalue weighted by Gasteiger charge is 2.22. The van der Waals surface area contributed by atoms with Crippen molar-refractivity contribution < 1.29 is 9.90 Å². The molecule has 5 nitrogen and oxygen atoms in total. The molecule has 1 aliphatic carbocycles. The highest BCUT2D eigenvalue weighted by atomic mass is 35.5. The van der Waals surface area contributed by atoms with Crippen molar-refractivity contribution in [2.45, 2.75) is 30.8 Å². The maximum atomic E-state index is 13.3. The van der Waals surface area contributed by atoms with Gasteiger partial charge >= 0.3 is 0 Å². The zero-order valence-electron chi connectivity index (χ0n) is 13.7. The molecule has 8 heteroatoms. The number of carbonyl (C=O) groups is 1. The van der Waals surface area contributed by atoms with Gasteiger partial charge in [-0.1, -0.05) is 23.4 Å². The van der Waals surface area contributed by atoms with Crippen molar-refractivity contribution in [1.29, 1.82) is 0 Å². The predicted octanol–water partition coefficient (Wildman–Crippen LogP) is 2.82. The number of carbonyl (C=O) groups excluding carboxylic acids is 1. The monoisotopic (exact) mass is 405 g/mol. The second-order valence-electron chi connectivity index (χ2n) is 6.06. The maximum absolute atomic E-state index is 13.3. The summed E-state index contributed by atoms with van der Waals surface area (Å²) < 4.78 is 1.48. The van der Waals surface area contributed by atoms with Gasteiger partial charge in [0.05, 0.1) is 17.0 Å². The second-order valence-corrected chi connectivity index (χ2v) is 8.53. The van der Waals surface area contributed by atoms with Crippen molar-refractivity contribution in [3.05, 3.63) is 50.1 Å². The standard InChI is InChI=1S/C18H15ClN2O3S2/c19-10-5-7-11(8-6-10)21-17(24)15-12-3-1-2-4-13(12)26-16(15)20-18(21)25-9-14(22)23/h5-8H,1-4,9H2,(H,22,23)/p-1. The molecule has 0 aliphatic heterocycles. The van der Waals surface area contributed by atoms with E-state index in [0.29, 0.717) is 26.1 Å². The summed E-state index contributed by atoms with van der Waals surface area (Å²) in [5.74, 6) is -1.46. The quantitative estimate of drug-likeness (QED) is 0.493. The third-order valence-electron chi connectivity index (χ3n) is 4.36. The SMILES string of the molecule is O=C([O-])CSc1nc2sc3c(c2c(=O)n1-c1ccc(Cl)cc1)CCCC3. The van der Waals surface area contributed by atoms with E-state index >= 15 is 0 Å². The highest BCUT2D eigenvalue weighted by Crippen LogP contribution is 2.35. The molecule has 0 spiro atoms. The molecule has 1 aromatic carbocycles. The molecule has 0 radical (unpaired) electrons. The van der Waals surface area contributed by atoms with Gasteiger partial charge in [0.25, 0.3) is 5.56 Å². The molecule has 0 saturated heterocycles. The van der Waals surface area contributed by atoms with Crippen LogP contribution in [0.15, 0.2) is 34.2 Å². The van der Waals surface area contributed by atoms with Crippen LogP contribution in [0.1, 0.15) is 23.3 Å². The van der Waals surface area contributed by atoms with E-state index in [-0.39, 0.29) is 11.3 Å². The summed E-state index contributed by atoms with van der Waals surface area (Å²) >= 11 is 8.50. The zero-order valence-corrected chi connectivity index (χ0v) is 16.0. The fraction of sp³-hybridized carbons (Fsp3) is 0.278. The zero-order chi connectivity index (χ0) is 18.3. The first-order valence-electron chi connectivity index (χ1n) is 8.20. The van der Waals surface area contributed by atoms with Crippen LogP contribution in [0.5, 0.6) is 0 Å². The predicted molar refractivity (Wildman–Crippen MR) is 103 cm³/mol. The van der Waals surface area contributed by atoms with Crippen molar-refractivity contribution in [2.24, 2.45) is 0 Å². The first-order valence-corrected chi connectivity index (χ1v) is 10.4. The minimum absolute atomic E-state index is 0.155. The lowest BCUT2D eigenvalue weighted by molar-refractivity contribution is -0.301. The molecular formula is C18H14ClN2O3S2-. The molecule has 1 aliphatic rings. The Morgan fingerprint density at radius 2 is 2.00 bits per heavy atom. The van der Waals surface area contributed by atoms with Crippen LogP contribution in [0.3, 0.4) is 0 Å². The molecule has 0 saturated carbocycles. The molecule has 26 heavy (non-hydrogen) atoms. The number of benzene rings is 1. The van der Waals surface area contributed by atoms with Gasteiger partial charge in [0, 0.05) is 15.7 Å². The number of thiophene rings is 1. The smallest absolute Gasteiger partial charge is 0.267 e. The van der Waals surface area contributed by atoms with Crippen molar-refractivity contribution in [3.63, 3.8) is 0 Å². The van der Waals surface area contributed by atoms with E-state index in [1.165, 1.54) is 9.44 Å². The molecule has 0 N–H and O–H groups in total. The van der Waals surface area contributed by atoms with Gasteiger partial charge in [-0.25, -0.2) is 4.98 Å². The Bertz CT molecular complexity index is 1060. The summed E-state index contributed by atoms with van der Waals surface area (Å²) in [5.41, 5.74) is 1.57. The van der Waals surface area contributed by atoms with Crippen LogP contribution in [-0.2, 0) is 17.6 Å². The van der Waals surface area contributed by atoms with E-state index in [4.69, 9.17) is 11.6 Å². The van der Waals surface area contributed by atoms with E-state index in [0.717, 1.165) is 43.0 Å². The number of thioether (sulfide) groups is 1. The number of carboxylic acids is 1. The van der Waals surface area contributed by atoms with Gasteiger partial charge in [-0.2, -0.15) is 0 Å². The van der Waals surface area contributed by atoms with Gasteiger partial charge in [-0.15, -0.1) is 11.3 Å². The van der Waals surface area contributed by atoms with E-state index < -0.39 is 5.97 Å². The average Bonchev–Trinajstić information content (AvgIpc) is 2.99. The van der Waals surface area contributed by atoms with Gasteiger partial charge in [0.15, 0.2) is 5.16 Å². The van der Waals surface area contributed by atoms with Crippen LogP contribution in [-0.4, -0.2) is 21.3 Å². The van der Waals surface area contributed by atoms with E-state index in [2.05, 4.69) is 4.98 Å². The number of hydrogen-bond donors (Lipinski definition) is 0. The van der Waals surface area contributed by atoms with Gasteiger partial charge in [-0.05, 0) is 55.5 Å². The van der Waals surface area contributed by atoms with Crippen LogP contribution in [0.2, 0.25) is 5.02 Å². The summed E-state index contributed by atoms with van der Waals surface area (Å²) in [7, 11) is 0. The summed E-state index contributed by atoms with van der Waals surface area (Å²) in [4.78, 5) is 30.8. The number of carboxylic acid groups (broad SMARTS) is 1. The number of rotatable bonds is 4. The molecule has 134 valence electrons. The number of hydrogen-bond acceptors (Lipinski definition) is 6. The molecule has 0 unspecified atom stereocenters. The molecular weight excluding hydrogens is 392 g/mol. The maximum Gasteiger partial charge on any atom is 0.267 e. The van der Waals surface area contributed by atoms with E-state index in [1.54, 1.807) is 35.6 Å². The van der Waals surface area contributed by atoms with Gasteiger partial charge < -0.3 is 9.90 Å². The Balaban J connectivity index is 1.97. The number of aromatic nitrogens is 2. The number of aliphatic carboxylic acids is 1. The van der Waals surface area contributed by atoms with Gasteiger partial charge in [-0.3, -0.25) is 9.36 Å². The fourth-order valence-corrected chi connectivity index (χ4v) is 5.38. The Labute approximate surface area is 162 Å². The molecule has 0 atom stereocenters.